The minimum atomic E-state index is 0.680. The fourth-order valence-corrected chi connectivity index (χ4v) is 1.97. The minimum Gasteiger partial charge on any atom is -0.354 e. The number of nitriles is 1. The number of hydrogen-bond donors (Lipinski definition) is 1. The molecule has 2 aromatic carbocycles. The molecule has 0 spiro atoms. The molecular weight excluding hydrogens is 208 g/mol. The van der Waals surface area contributed by atoms with Gasteiger partial charge in [-0.15, -0.1) is 0 Å². The molecule has 2 nitrogen and oxygen atoms in total. The predicted octanol–water partition coefficient (Wildman–Crippen LogP) is 3.71. The Morgan fingerprint density at radius 3 is 2.53 bits per heavy atom. The summed E-state index contributed by atoms with van der Waals surface area (Å²) in [6, 6.07) is 20.1. The molecule has 0 aliphatic carbocycles. The second-order valence-electron chi connectivity index (χ2n) is 3.96. The lowest BCUT2D eigenvalue weighted by Gasteiger charge is -1.95. The monoisotopic (exact) mass is 218 g/mol. The van der Waals surface area contributed by atoms with Crippen LogP contribution in [0.25, 0.3) is 22.2 Å². The Labute approximate surface area is 99.1 Å². The van der Waals surface area contributed by atoms with Gasteiger partial charge in [-0.2, -0.15) is 5.26 Å². The first kappa shape index (κ1) is 9.68. The number of fused-ring (bicyclic) bond motifs is 1. The third-order valence-electron chi connectivity index (χ3n) is 2.84. The van der Waals surface area contributed by atoms with Crippen molar-refractivity contribution < 1.29 is 0 Å². The standard InChI is InChI=1S/C15H10N2/c16-10-11-6-7-13-9-15(17-14(13)8-11)12-4-2-1-3-5-12/h1-9,17H. The molecule has 0 aliphatic rings. The van der Waals surface area contributed by atoms with Gasteiger partial charge in [0.2, 0.25) is 0 Å². The third kappa shape index (κ3) is 1.68. The van der Waals surface area contributed by atoms with Gasteiger partial charge in [-0.1, -0.05) is 36.4 Å². The summed E-state index contributed by atoms with van der Waals surface area (Å²) in [5.41, 5.74) is 3.92. The lowest BCUT2D eigenvalue weighted by atomic mass is 10.1. The van der Waals surface area contributed by atoms with Crippen LogP contribution in [0.4, 0.5) is 0 Å². The van der Waals surface area contributed by atoms with E-state index < -0.39 is 0 Å². The third-order valence-corrected chi connectivity index (χ3v) is 2.84. The van der Waals surface area contributed by atoms with Crippen LogP contribution >= 0.6 is 0 Å². The van der Waals surface area contributed by atoms with Crippen LogP contribution in [0.2, 0.25) is 0 Å². The van der Waals surface area contributed by atoms with Crippen LogP contribution in [0.5, 0.6) is 0 Å². The zero-order valence-electron chi connectivity index (χ0n) is 9.14. The molecule has 0 unspecified atom stereocenters. The first-order chi connectivity index (χ1) is 8.36. The quantitative estimate of drug-likeness (QED) is 0.664. The average molecular weight is 218 g/mol. The van der Waals surface area contributed by atoms with Crippen LogP contribution in [-0.4, -0.2) is 4.98 Å². The van der Waals surface area contributed by atoms with Crippen LogP contribution in [0.3, 0.4) is 0 Å². The first-order valence-electron chi connectivity index (χ1n) is 5.45. The lowest BCUT2D eigenvalue weighted by Crippen LogP contribution is -1.75. The number of H-pyrrole nitrogens is 1. The second-order valence-corrected chi connectivity index (χ2v) is 3.96. The van der Waals surface area contributed by atoms with Crippen molar-refractivity contribution in [2.45, 2.75) is 0 Å². The van der Waals surface area contributed by atoms with Gasteiger partial charge in [0, 0.05) is 16.6 Å². The molecule has 3 aromatic rings. The van der Waals surface area contributed by atoms with Gasteiger partial charge in [0.15, 0.2) is 0 Å². The van der Waals surface area contributed by atoms with Gasteiger partial charge in [-0.05, 0) is 23.8 Å². The molecule has 80 valence electrons. The van der Waals surface area contributed by atoms with E-state index >= 15 is 0 Å². The van der Waals surface area contributed by atoms with Gasteiger partial charge >= 0.3 is 0 Å². The Balaban J connectivity index is 2.18. The molecule has 0 radical (unpaired) electrons. The average Bonchev–Trinajstić information content (AvgIpc) is 2.82. The zero-order chi connectivity index (χ0) is 11.7. The van der Waals surface area contributed by atoms with E-state index in [1.165, 1.54) is 0 Å². The van der Waals surface area contributed by atoms with Crippen LogP contribution in [-0.2, 0) is 0 Å². The highest BCUT2D eigenvalue weighted by molar-refractivity contribution is 5.86. The molecule has 1 N–H and O–H groups in total. The van der Waals surface area contributed by atoms with E-state index in [-0.39, 0.29) is 0 Å². The summed E-state index contributed by atoms with van der Waals surface area (Å²) < 4.78 is 0. The van der Waals surface area contributed by atoms with Crippen molar-refractivity contribution in [1.29, 1.82) is 5.26 Å². The minimum absolute atomic E-state index is 0.680. The van der Waals surface area contributed by atoms with Gasteiger partial charge in [-0.3, -0.25) is 0 Å². The van der Waals surface area contributed by atoms with Crippen LogP contribution in [0, 0.1) is 11.3 Å². The number of hydrogen-bond acceptors (Lipinski definition) is 1. The number of aromatic nitrogens is 1. The van der Waals surface area contributed by atoms with Crippen molar-refractivity contribution in [3.63, 3.8) is 0 Å². The van der Waals surface area contributed by atoms with Crippen LogP contribution in [0.1, 0.15) is 5.56 Å². The van der Waals surface area contributed by atoms with Crippen molar-refractivity contribution in [3.05, 3.63) is 60.2 Å². The zero-order valence-corrected chi connectivity index (χ0v) is 9.14. The fourth-order valence-electron chi connectivity index (χ4n) is 1.97. The molecule has 0 atom stereocenters. The number of benzene rings is 2. The molecule has 1 aromatic heterocycles. The van der Waals surface area contributed by atoms with Crippen molar-refractivity contribution in [1.82, 2.24) is 4.98 Å². The molecule has 0 amide bonds. The highest BCUT2D eigenvalue weighted by Crippen LogP contribution is 2.24. The summed E-state index contributed by atoms with van der Waals surface area (Å²) in [7, 11) is 0. The molecule has 0 saturated carbocycles. The summed E-state index contributed by atoms with van der Waals surface area (Å²) >= 11 is 0. The number of nitrogens with zero attached hydrogens (tertiary/aromatic N) is 1. The number of rotatable bonds is 1. The molecule has 2 heteroatoms. The molecule has 0 bridgehead atoms. The van der Waals surface area contributed by atoms with Crippen molar-refractivity contribution in [2.75, 3.05) is 0 Å². The van der Waals surface area contributed by atoms with Gasteiger partial charge in [-0.25, -0.2) is 0 Å². The fraction of sp³-hybridized carbons (Fsp3) is 0. The first-order valence-corrected chi connectivity index (χ1v) is 5.45. The summed E-state index contributed by atoms with van der Waals surface area (Å²) in [6.07, 6.45) is 0. The van der Waals surface area contributed by atoms with E-state index in [2.05, 4.69) is 29.3 Å². The van der Waals surface area contributed by atoms with Crippen LogP contribution in [0.15, 0.2) is 54.6 Å². The van der Waals surface area contributed by atoms with Gasteiger partial charge in [0.25, 0.3) is 0 Å². The molecule has 0 aliphatic heterocycles. The molecular formula is C15H10N2. The van der Waals surface area contributed by atoms with Gasteiger partial charge < -0.3 is 4.98 Å². The summed E-state index contributed by atoms with van der Waals surface area (Å²) in [4.78, 5) is 3.34. The lowest BCUT2D eigenvalue weighted by molar-refractivity contribution is 1.44. The normalized spacial score (nSPS) is 10.3. The van der Waals surface area contributed by atoms with Crippen molar-refractivity contribution in [3.8, 4) is 17.3 Å². The summed E-state index contributed by atoms with van der Waals surface area (Å²) in [6.45, 7) is 0. The Kier molecular flexibility index (Phi) is 2.16. The van der Waals surface area contributed by atoms with Gasteiger partial charge in [0.05, 0.1) is 11.6 Å². The SMILES string of the molecule is N#Cc1ccc2cc(-c3ccccc3)[nH]c2c1. The van der Waals surface area contributed by atoms with E-state index in [1.54, 1.807) is 0 Å². The van der Waals surface area contributed by atoms with Crippen molar-refractivity contribution in [2.24, 2.45) is 0 Å². The summed E-state index contributed by atoms with van der Waals surface area (Å²) in [5.74, 6) is 0. The largest absolute Gasteiger partial charge is 0.354 e. The van der Waals surface area contributed by atoms with E-state index in [0.717, 1.165) is 22.2 Å². The Morgan fingerprint density at radius 1 is 0.941 bits per heavy atom. The highest BCUT2D eigenvalue weighted by atomic mass is 14.7. The predicted molar refractivity (Wildman–Crippen MR) is 68.4 cm³/mol. The van der Waals surface area contributed by atoms with Crippen molar-refractivity contribution >= 4 is 10.9 Å². The maximum Gasteiger partial charge on any atom is 0.0992 e. The molecule has 3 rings (SSSR count). The highest BCUT2D eigenvalue weighted by Gasteiger charge is 2.03. The topological polar surface area (TPSA) is 39.6 Å². The maximum atomic E-state index is 8.86. The van der Waals surface area contributed by atoms with Gasteiger partial charge in [0.1, 0.15) is 0 Å². The molecule has 0 fully saturated rings. The number of nitrogens with one attached hydrogen (secondary N) is 1. The molecule has 1 heterocycles. The Bertz CT molecular complexity index is 703. The Morgan fingerprint density at radius 2 is 1.76 bits per heavy atom. The van der Waals surface area contributed by atoms with E-state index in [1.807, 2.05) is 36.4 Å². The second kappa shape index (κ2) is 3.80. The number of aromatic amines is 1. The smallest absolute Gasteiger partial charge is 0.0992 e. The molecule has 17 heavy (non-hydrogen) atoms. The van der Waals surface area contributed by atoms with Crippen LogP contribution < -0.4 is 0 Å². The Hall–Kier alpha value is -2.53. The maximum absolute atomic E-state index is 8.86. The van der Waals surface area contributed by atoms with E-state index in [4.69, 9.17) is 5.26 Å². The molecule has 0 saturated heterocycles. The summed E-state index contributed by atoms with van der Waals surface area (Å²) in [5, 5.41) is 9.98. The van der Waals surface area contributed by atoms with E-state index in [0.29, 0.717) is 5.56 Å². The van der Waals surface area contributed by atoms with E-state index in [9.17, 15) is 0 Å².